The normalized spacial score (nSPS) is 14.2. The molecule has 20 heavy (non-hydrogen) atoms. The van der Waals surface area contributed by atoms with Gasteiger partial charge >= 0.3 is 0 Å². The highest BCUT2D eigenvalue weighted by Crippen LogP contribution is 2.32. The highest BCUT2D eigenvalue weighted by molar-refractivity contribution is 6.44. The van der Waals surface area contributed by atoms with Crippen LogP contribution in [0.3, 0.4) is 0 Å². The van der Waals surface area contributed by atoms with E-state index < -0.39 is 0 Å². The zero-order chi connectivity index (χ0) is 14.1. The standard InChI is InChI=1S/C13H13Cl3N4/c14-8-5-10(16)11(6-9(8)15)17-7-13-19-18-12-3-1-2-4-20(12)13/h5-6,17H,1-4,7H2. The first-order valence-corrected chi connectivity index (χ1v) is 7.58. The van der Waals surface area contributed by atoms with E-state index in [2.05, 4.69) is 20.1 Å². The summed E-state index contributed by atoms with van der Waals surface area (Å²) in [5.74, 6) is 1.98. The number of aromatic nitrogens is 3. The Bertz CT molecular complexity index is 639. The molecule has 0 radical (unpaired) electrons. The number of benzene rings is 1. The number of hydrogen-bond acceptors (Lipinski definition) is 3. The molecule has 0 saturated heterocycles. The smallest absolute Gasteiger partial charge is 0.152 e. The monoisotopic (exact) mass is 330 g/mol. The Balaban J connectivity index is 1.77. The number of hydrogen-bond donors (Lipinski definition) is 1. The summed E-state index contributed by atoms with van der Waals surface area (Å²) < 4.78 is 2.17. The molecule has 0 bridgehead atoms. The fourth-order valence-corrected chi connectivity index (χ4v) is 2.95. The van der Waals surface area contributed by atoms with Crippen molar-refractivity contribution in [3.8, 4) is 0 Å². The molecule has 106 valence electrons. The van der Waals surface area contributed by atoms with Crippen LogP contribution in [0.5, 0.6) is 0 Å². The SMILES string of the molecule is Clc1cc(Cl)c(NCc2nnc3n2CCCC3)cc1Cl. The van der Waals surface area contributed by atoms with Gasteiger partial charge in [-0.2, -0.15) is 0 Å². The molecular formula is C13H13Cl3N4. The van der Waals surface area contributed by atoms with Crippen LogP contribution < -0.4 is 5.32 Å². The topological polar surface area (TPSA) is 42.7 Å². The van der Waals surface area contributed by atoms with Crippen LogP contribution in [-0.2, 0) is 19.5 Å². The third-order valence-electron chi connectivity index (χ3n) is 3.38. The van der Waals surface area contributed by atoms with Crippen LogP contribution in [-0.4, -0.2) is 14.8 Å². The van der Waals surface area contributed by atoms with Crippen LogP contribution in [0.25, 0.3) is 0 Å². The third-order valence-corrected chi connectivity index (χ3v) is 4.42. The van der Waals surface area contributed by atoms with Crippen molar-refractivity contribution >= 4 is 40.5 Å². The quantitative estimate of drug-likeness (QED) is 0.858. The summed E-state index contributed by atoms with van der Waals surface area (Å²) >= 11 is 18.0. The summed E-state index contributed by atoms with van der Waals surface area (Å²) in [6, 6.07) is 3.35. The molecule has 7 heteroatoms. The first-order valence-electron chi connectivity index (χ1n) is 6.44. The first-order chi connectivity index (χ1) is 9.65. The highest BCUT2D eigenvalue weighted by Gasteiger charge is 2.15. The van der Waals surface area contributed by atoms with E-state index in [0.29, 0.717) is 21.6 Å². The van der Waals surface area contributed by atoms with Crippen molar-refractivity contribution in [3.05, 3.63) is 38.8 Å². The maximum atomic E-state index is 6.14. The van der Waals surface area contributed by atoms with E-state index in [1.54, 1.807) is 12.1 Å². The van der Waals surface area contributed by atoms with Crippen LogP contribution >= 0.6 is 34.8 Å². The molecule has 1 aliphatic rings. The molecule has 0 aliphatic carbocycles. The van der Waals surface area contributed by atoms with Crippen LogP contribution in [0.15, 0.2) is 12.1 Å². The molecule has 1 aromatic heterocycles. The number of anilines is 1. The lowest BCUT2D eigenvalue weighted by atomic mass is 10.2. The van der Waals surface area contributed by atoms with Crippen LogP contribution in [0.4, 0.5) is 5.69 Å². The average molecular weight is 332 g/mol. The summed E-state index contributed by atoms with van der Waals surface area (Å²) in [4.78, 5) is 0. The fourth-order valence-electron chi connectivity index (χ4n) is 2.33. The van der Waals surface area contributed by atoms with Gasteiger partial charge in [0.25, 0.3) is 0 Å². The molecule has 0 spiro atoms. The molecule has 4 nitrogen and oxygen atoms in total. The fraction of sp³-hybridized carbons (Fsp3) is 0.385. The summed E-state index contributed by atoms with van der Waals surface area (Å²) in [7, 11) is 0. The predicted molar refractivity (Wildman–Crippen MR) is 81.8 cm³/mol. The molecule has 0 saturated carbocycles. The van der Waals surface area contributed by atoms with Crippen molar-refractivity contribution < 1.29 is 0 Å². The maximum absolute atomic E-state index is 6.14. The molecule has 1 aliphatic heterocycles. The van der Waals surface area contributed by atoms with E-state index in [9.17, 15) is 0 Å². The number of nitrogens with one attached hydrogen (secondary N) is 1. The second kappa shape index (κ2) is 5.80. The molecule has 1 N–H and O–H groups in total. The second-order valence-corrected chi connectivity index (χ2v) is 5.96. The number of rotatable bonds is 3. The number of nitrogens with zero attached hydrogens (tertiary/aromatic N) is 3. The second-order valence-electron chi connectivity index (χ2n) is 4.74. The predicted octanol–water partition coefficient (Wildman–Crippen LogP) is 4.19. The van der Waals surface area contributed by atoms with Gasteiger partial charge < -0.3 is 9.88 Å². The zero-order valence-electron chi connectivity index (χ0n) is 10.7. The summed E-state index contributed by atoms with van der Waals surface area (Å²) in [5.41, 5.74) is 0.745. The van der Waals surface area contributed by atoms with Crippen LogP contribution in [0.2, 0.25) is 15.1 Å². The highest BCUT2D eigenvalue weighted by atomic mass is 35.5. The lowest BCUT2D eigenvalue weighted by Gasteiger charge is -2.15. The lowest BCUT2D eigenvalue weighted by Crippen LogP contribution is -2.15. The minimum absolute atomic E-state index is 0.446. The van der Waals surface area contributed by atoms with Crippen molar-refractivity contribution in [1.82, 2.24) is 14.8 Å². The van der Waals surface area contributed by atoms with E-state index in [0.717, 1.165) is 30.3 Å². The van der Waals surface area contributed by atoms with Crippen molar-refractivity contribution in [1.29, 1.82) is 0 Å². The van der Waals surface area contributed by atoms with E-state index in [-0.39, 0.29) is 0 Å². The van der Waals surface area contributed by atoms with Gasteiger partial charge in [-0.05, 0) is 25.0 Å². The summed E-state index contributed by atoms with van der Waals surface area (Å²) in [6.45, 7) is 1.54. The van der Waals surface area contributed by atoms with Gasteiger partial charge in [0.1, 0.15) is 5.82 Å². The van der Waals surface area contributed by atoms with E-state index >= 15 is 0 Å². The Morgan fingerprint density at radius 1 is 1.05 bits per heavy atom. The molecule has 0 fully saturated rings. The van der Waals surface area contributed by atoms with E-state index in [4.69, 9.17) is 34.8 Å². The zero-order valence-corrected chi connectivity index (χ0v) is 12.9. The molecule has 0 amide bonds. The maximum Gasteiger partial charge on any atom is 0.152 e. The third kappa shape index (κ3) is 2.73. The van der Waals surface area contributed by atoms with Gasteiger partial charge in [0.05, 0.1) is 27.3 Å². The summed E-state index contributed by atoms with van der Waals surface area (Å²) in [5, 5.41) is 13.1. The summed E-state index contributed by atoms with van der Waals surface area (Å²) in [6.07, 6.45) is 3.36. The minimum atomic E-state index is 0.446. The minimum Gasteiger partial charge on any atom is -0.376 e. The Morgan fingerprint density at radius 2 is 1.85 bits per heavy atom. The number of fused-ring (bicyclic) bond motifs is 1. The van der Waals surface area contributed by atoms with Gasteiger partial charge in [-0.25, -0.2) is 0 Å². The number of halogens is 3. The Hall–Kier alpha value is -0.970. The molecule has 3 rings (SSSR count). The van der Waals surface area contributed by atoms with Crippen molar-refractivity contribution in [3.63, 3.8) is 0 Å². The van der Waals surface area contributed by atoms with Gasteiger partial charge in [0.2, 0.25) is 0 Å². The van der Waals surface area contributed by atoms with Crippen molar-refractivity contribution in [2.75, 3.05) is 5.32 Å². The van der Waals surface area contributed by atoms with E-state index in [1.807, 2.05) is 0 Å². The Kier molecular flexibility index (Phi) is 4.06. The Labute approximate surface area is 132 Å². The molecule has 2 heterocycles. The van der Waals surface area contributed by atoms with E-state index in [1.165, 1.54) is 12.8 Å². The van der Waals surface area contributed by atoms with Crippen molar-refractivity contribution in [2.45, 2.75) is 32.4 Å². The van der Waals surface area contributed by atoms with Gasteiger partial charge in [0, 0.05) is 13.0 Å². The van der Waals surface area contributed by atoms with Gasteiger partial charge in [0.15, 0.2) is 5.82 Å². The van der Waals surface area contributed by atoms with Crippen molar-refractivity contribution in [2.24, 2.45) is 0 Å². The lowest BCUT2D eigenvalue weighted by molar-refractivity contribution is 0.510. The molecule has 0 atom stereocenters. The molecule has 0 unspecified atom stereocenters. The largest absolute Gasteiger partial charge is 0.376 e. The van der Waals surface area contributed by atoms with Gasteiger partial charge in [-0.1, -0.05) is 34.8 Å². The van der Waals surface area contributed by atoms with Crippen LogP contribution in [0, 0.1) is 0 Å². The number of aryl methyl sites for hydroxylation is 1. The molecule has 2 aromatic rings. The van der Waals surface area contributed by atoms with Gasteiger partial charge in [-0.15, -0.1) is 10.2 Å². The Morgan fingerprint density at radius 3 is 2.70 bits per heavy atom. The van der Waals surface area contributed by atoms with Crippen LogP contribution in [0.1, 0.15) is 24.5 Å². The first kappa shape index (κ1) is 14.0. The molecule has 1 aromatic carbocycles. The van der Waals surface area contributed by atoms with Gasteiger partial charge in [-0.3, -0.25) is 0 Å². The molecular weight excluding hydrogens is 319 g/mol. The average Bonchev–Trinajstić information content (AvgIpc) is 2.85.